The molecule has 2 aromatic carbocycles. The fourth-order valence-electron chi connectivity index (χ4n) is 2.62. The third kappa shape index (κ3) is 2.70. The molecule has 110 valence electrons. The number of halogens is 2. The van der Waals surface area contributed by atoms with Crippen molar-refractivity contribution >= 4 is 11.6 Å². The van der Waals surface area contributed by atoms with E-state index in [2.05, 4.69) is 0 Å². The van der Waals surface area contributed by atoms with Gasteiger partial charge in [-0.15, -0.1) is 11.6 Å². The molecule has 0 aliphatic carbocycles. The van der Waals surface area contributed by atoms with Crippen LogP contribution in [0.5, 0.6) is 11.5 Å². The highest BCUT2D eigenvalue weighted by Crippen LogP contribution is 2.36. The molecular weight excluding hydrogens is 291 g/mol. The average Bonchev–Trinajstić information content (AvgIpc) is 2.85. The minimum Gasteiger partial charge on any atom is -0.497 e. The Balaban J connectivity index is 1.92. The van der Waals surface area contributed by atoms with Crippen LogP contribution in [0.15, 0.2) is 36.4 Å². The Hall–Kier alpha value is -1.74. The number of alkyl halides is 1. The summed E-state index contributed by atoms with van der Waals surface area (Å²) >= 11 is 6.45. The maximum atomic E-state index is 14.1. The summed E-state index contributed by atoms with van der Waals surface area (Å²) < 4.78 is 24.8. The number of benzene rings is 2. The summed E-state index contributed by atoms with van der Waals surface area (Å²) in [5.74, 6) is 1.01. The molecule has 21 heavy (non-hydrogen) atoms. The number of hydrogen-bond donors (Lipinski definition) is 0. The zero-order valence-electron chi connectivity index (χ0n) is 11.9. The number of ether oxygens (including phenoxy) is 2. The van der Waals surface area contributed by atoms with Crippen LogP contribution >= 0.6 is 11.6 Å². The van der Waals surface area contributed by atoms with Crippen LogP contribution in [-0.4, -0.2) is 13.2 Å². The second kappa shape index (κ2) is 5.57. The number of rotatable bonds is 3. The molecule has 0 saturated carbocycles. The molecule has 2 unspecified atom stereocenters. The smallest absolute Gasteiger partial charge is 0.131 e. The number of fused-ring (bicyclic) bond motifs is 1. The van der Waals surface area contributed by atoms with Gasteiger partial charge in [-0.3, -0.25) is 0 Å². The van der Waals surface area contributed by atoms with E-state index in [1.807, 2.05) is 25.1 Å². The van der Waals surface area contributed by atoms with E-state index in [1.54, 1.807) is 12.1 Å². The van der Waals surface area contributed by atoms with Crippen LogP contribution in [0.25, 0.3) is 0 Å². The van der Waals surface area contributed by atoms with Crippen molar-refractivity contribution in [2.45, 2.75) is 24.8 Å². The lowest BCUT2D eigenvalue weighted by Gasteiger charge is -2.13. The zero-order valence-corrected chi connectivity index (χ0v) is 12.7. The van der Waals surface area contributed by atoms with Crippen LogP contribution in [-0.2, 0) is 6.42 Å². The summed E-state index contributed by atoms with van der Waals surface area (Å²) in [5.41, 5.74) is 2.45. The van der Waals surface area contributed by atoms with Gasteiger partial charge in [-0.1, -0.05) is 18.2 Å². The summed E-state index contributed by atoms with van der Waals surface area (Å²) in [4.78, 5) is 0. The molecule has 3 rings (SSSR count). The molecule has 0 amide bonds. The van der Waals surface area contributed by atoms with Crippen molar-refractivity contribution in [3.8, 4) is 11.5 Å². The Morgan fingerprint density at radius 3 is 2.81 bits per heavy atom. The topological polar surface area (TPSA) is 18.5 Å². The van der Waals surface area contributed by atoms with Crippen LogP contribution in [0.4, 0.5) is 4.39 Å². The lowest BCUT2D eigenvalue weighted by Crippen LogP contribution is -2.05. The van der Waals surface area contributed by atoms with Crippen molar-refractivity contribution in [2.24, 2.45) is 0 Å². The Kier molecular flexibility index (Phi) is 3.77. The number of hydrogen-bond acceptors (Lipinski definition) is 2. The Morgan fingerprint density at radius 2 is 2.10 bits per heavy atom. The standard InChI is InChI=1S/C17H16ClFO2/c1-10-7-12-8-11(3-6-16(12)21-10)17(18)14-5-4-13(20-2)9-15(14)19/h3-6,8-10,17H,7H2,1-2H3. The normalized spacial score (nSPS) is 18.0. The first-order valence-electron chi connectivity index (χ1n) is 6.85. The molecule has 4 heteroatoms. The van der Waals surface area contributed by atoms with Gasteiger partial charge in [-0.05, 0) is 30.2 Å². The van der Waals surface area contributed by atoms with Gasteiger partial charge in [0.2, 0.25) is 0 Å². The van der Waals surface area contributed by atoms with Gasteiger partial charge in [0.1, 0.15) is 23.4 Å². The van der Waals surface area contributed by atoms with Gasteiger partial charge in [-0.25, -0.2) is 4.39 Å². The zero-order chi connectivity index (χ0) is 15.0. The first-order chi connectivity index (χ1) is 10.1. The second-order valence-corrected chi connectivity index (χ2v) is 5.69. The van der Waals surface area contributed by atoms with Crippen molar-refractivity contribution < 1.29 is 13.9 Å². The minimum atomic E-state index is -0.530. The molecule has 1 aliphatic heterocycles. The largest absolute Gasteiger partial charge is 0.497 e. The van der Waals surface area contributed by atoms with Crippen LogP contribution < -0.4 is 9.47 Å². The molecule has 0 bridgehead atoms. The molecule has 0 fully saturated rings. The third-order valence-corrected chi connectivity index (χ3v) is 4.18. The second-order valence-electron chi connectivity index (χ2n) is 5.25. The summed E-state index contributed by atoms with van der Waals surface area (Å²) in [6.07, 6.45) is 1.04. The molecule has 1 heterocycles. The van der Waals surface area contributed by atoms with E-state index in [0.29, 0.717) is 11.3 Å². The van der Waals surface area contributed by atoms with Crippen LogP contribution in [0, 0.1) is 5.82 Å². The van der Waals surface area contributed by atoms with Gasteiger partial charge >= 0.3 is 0 Å². The van der Waals surface area contributed by atoms with Gasteiger partial charge in [0.05, 0.1) is 12.5 Å². The van der Waals surface area contributed by atoms with Gasteiger partial charge in [0.15, 0.2) is 0 Å². The van der Waals surface area contributed by atoms with Crippen molar-refractivity contribution in [3.05, 3.63) is 58.9 Å². The van der Waals surface area contributed by atoms with Crippen molar-refractivity contribution in [2.75, 3.05) is 7.11 Å². The predicted octanol–water partition coefficient (Wildman–Crippen LogP) is 4.49. The summed E-state index contributed by atoms with van der Waals surface area (Å²) in [6.45, 7) is 2.03. The molecule has 0 N–H and O–H groups in total. The first kappa shape index (κ1) is 14.2. The monoisotopic (exact) mass is 306 g/mol. The van der Waals surface area contributed by atoms with Crippen molar-refractivity contribution in [1.82, 2.24) is 0 Å². The molecule has 0 spiro atoms. The molecule has 0 radical (unpaired) electrons. The van der Waals surface area contributed by atoms with Crippen molar-refractivity contribution in [3.63, 3.8) is 0 Å². The SMILES string of the molecule is COc1ccc(C(Cl)c2ccc3c(c2)CC(C)O3)c(F)c1. The summed E-state index contributed by atoms with van der Waals surface area (Å²) in [6, 6.07) is 10.5. The maximum Gasteiger partial charge on any atom is 0.131 e. The molecule has 2 nitrogen and oxygen atoms in total. The molecule has 2 atom stereocenters. The Labute approximate surface area is 128 Å². The van der Waals surface area contributed by atoms with Crippen molar-refractivity contribution in [1.29, 1.82) is 0 Å². The van der Waals surface area contributed by atoms with Crippen LogP contribution in [0.3, 0.4) is 0 Å². The van der Waals surface area contributed by atoms with E-state index in [-0.39, 0.29) is 11.9 Å². The Bertz CT molecular complexity index is 672. The predicted molar refractivity (Wildman–Crippen MR) is 80.9 cm³/mol. The van der Waals surface area contributed by atoms with E-state index in [0.717, 1.165) is 23.3 Å². The highest BCUT2D eigenvalue weighted by atomic mass is 35.5. The minimum absolute atomic E-state index is 0.182. The lowest BCUT2D eigenvalue weighted by atomic mass is 10.00. The fraction of sp³-hybridized carbons (Fsp3) is 0.294. The van der Waals surface area contributed by atoms with E-state index in [9.17, 15) is 4.39 Å². The van der Waals surface area contributed by atoms with Gasteiger partial charge < -0.3 is 9.47 Å². The van der Waals surface area contributed by atoms with Gasteiger partial charge in [0.25, 0.3) is 0 Å². The van der Waals surface area contributed by atoms with E-state index >= 15 is 0 Å². The quantitative estimate of drug-likeness (QED) is 0.778. The molecule has 0 saturated heterocycles. The highest BCUT2D eigenvalue weighted by molar-refractivity contribution is 6.22. The Morgan fingerprint density at radius 1 is 1.29 bits per heavy atom. The summed E-state index contributed by atoms with van der Waals surface area (Å²) in [7, 11) is 1.51. The molecule has 0 aromatic heterocycles. The van der Waals surface area contributed by atoms with Gasteiger partial charge in [-0.2, -0.15) is 0 Å². The highest BCUT2D eigenvalue weighted by Gasteiger charge is 2.22. The van der Waals surface area contributed by atoms with Gasteiger partial charge in [0, 0.05) is 18.1 Å². The molecule has 1 aliphatic rings. The molecular formula is C17H16ClFO2. The average molecular weight is 307 g/mol. The number of methoxy groups -OCH3 is 1. The van der Waals surface area contributed by atoms with E-state index in [1.165, 1.54) is 13.2 Å². The fourth-order valence-corrected chi connectivity index (χ4v) is 2.93. The first-order valence-corrected chi connectivity index (χ1v) is 7.29. The van der Waals surface area contributed by atoms with E-state index < -0.39 is 5.38 Å². The summed E-state index contributed by atoms with van der Waals surface area (Å²) in [5, 5.41) is -0.530. The third-order valence-electron chi connectivity index (χ3n) is 3.69. The molecule has 2 aromatic rings. The van der Waals surface area contributed by atoms with E-state index in [4.69, 9.17) is 21.1 Å². The van der Waals surface area contributed by atoms with Crippen LogP contribution in [0.2, 0.25) is 0 Å². The van der Waals surface area contributed by atoms with Crippen LogP contribution in [0.1, 0.15) is 29.0 Å². The lowest BCUT2D eigenvalue weighted by molar-refractivity contribution is 0.254. The maximum absolute atomic E-state index is 14.1.